The topological polar surface area (TPSA) is 25.8 Å². The fourth-order valence-corrected chi connectivity index (χ4v) is 0.835. The zero-order chi connectivity index (χ0) is 7.40. The summed E-state index contributed by atoms with van der Waals surface area (Å²) in [6.07, 6.45) is 7.22. The molecule has 0 aliphatic heterocycles. The van der Waals surface area contributed by atoms with E-state index in [0.717, 1.165) is 12.0 Å². The minimum absolute atomic E-state index is 0.655. The summed E-state index contributed by atoms with van der Waals surface area (Å²) in [6, 6.07) is 0. The van der Waals surface area contributed by atoms with Crippen molar-refractivity contribution >= 4 is 0 Å². The number of hydrogen-bond donors (Lipinski definition) is 0. The molecule has 1 aromatic rings. The van der Waals surface area contributed by atoms with Gasteiger partial charge in [0.1, 0.15) is 6.33 Å². The molecule has 1 radical (unpaired) electrons. The molecule has 1 aromatic heterocycles. The van der Waals surface area contributed by atoms with E-state index in [1.54, 1.807) is 0 Å². The highest BCUT2D eigenvalue weighted by Gasteiger charge is 1.96. The Morgan fingerprint density at radius 3 is 2.90 bits per heavy atom. The molecule has 2 heteroatoms. The molecule has 0 atom stereocenters. The predicted molar refractivity (Wildman–Crippen MR) is 39.4 cm³/mol. The van der Waals surface area contributed by atoms with Crippen LogP contribution >= 0.6 is 0 Å². The minimum atomic E-state index is 0.655. The third kappa shape index (κ3) is 2.13. The van der Waals surface area contributed by atoms with E-state index in [9.17, 15) is 0 Å². The van der Waals surface area contributed by atoms with Gasteiger partial charge in [0, 0.05) is 6.20 Å². The van der Waals surface area contributed by atoms with Gasteiger partial charge in [-0.15, -0.1) is 0 Å². The van der Waals surface area contributed by atoms with E-state index in [2.05, 4.69) is 30.0 Å². The van der Waals surface area contributed by atoms with Crippen molar-refractivity contribution in [2.75, 3.05) is 0 Å². The monoisotopic (exact) mass is 135 g/mol. The molecule has 10 heavy (non-hydrogen) atoms. The molecule has 0 saturated carbocycles. The first-order chi connectivity index (χ1) is 4.79. The van der Waals surface area contributed by atoms with E-state index < -0.39 is 0 Å². The fraction of sp³-hybridized carbons (Fsp3) is 0.500. The molecule has 0 fully saturated rings. The normalized spacial score (nSPS) is 10.3. The summed E-state index contributed by atoms with van der Waals surface area (Å²) in [5.74, 6) is 0.655. The lowest BCUT2D eigenvalue weighted by Crippen LogP contribution is -1.95. The summed E-state index contributed by atoms with van der Waals surface area (Å²) in [7, 11) is 0. The second-order valence-electron chi connectivity index (χ2n) is 2.76. The van der Waals surface area contributed by atoms with Crippen LogP contribution in [0.4, 0.5) is 0 Å². The van der Waals surface area contributed by atoms with Gasteiger partial charge in [0.2, 0.25) is 0 Å². The van der Waals surface area contributed by atoms with Gasteiger partial charge in [0.15, 0.2) is 0 Å². The molecule has 0 unspecified atom stereocenters. The zero-order valence-electron chi connectivity index (χ0n) is 6.33. The number of nitrogens with zero attached hydrogens (tertiary/aromatic N) is 2. The Bertz CT molecular complexity index is 182. The summed E-state index contributed by atoms with van der Waals surface area (Å²) < 4.78 is 0. The van der Waals surface area contributed by atoms with Crippen LogP contribution < -0.4 is 0 Å². The molecule has 0 aliphatic carbocycles. The molecule has 0 aliphatic rings. The van der Waals surface area contributed by atoms with Crippen LogP contribution in [0.25, 0.3) is 0 Å². The molecule has 2 nitrogen and oxygen atoms in total. The van der Waals surface area contributed by atoms with Gasteiger partial charge in [-0.05, 0) is 17.9 Å². The summed E-state index contributed by atoms with van der Waals surface area (Å²) in [6.45, 7) is 4.34. The van der Waals surface area contributed by atoms with Gasteiger partial charge in [-0.3, -0.25) is 0 Å². The Balaban J connectivity index is 2.59. The maximum Gasteiger partial charge on any atom is 0.116 e. The zero-order valence-corrected chi connectivity index (χ0v) is 6.33. The molecule has 53 valence electrons. The van der Waals surface area contributed by atoms with Crippen LogP contribution in [0.1, 0.15) is 19.4 Å². The predicted octanol–water partition coefficient (Wildman–Crippen LogP) is 1.48. The first-order valence-electron chi connectivity index (χ1n) is 3.45. The first kappa shape index (κ1) is 7.19. The van der Waals surface area contributed by atoms with Crippen LogP contribution in [0.15, 0.2) is 12.5 Å². The van der Waals surface area contributed by atoms with Gasteiger partial charge < -0.3 is 0 Å². The lowest BCUT2D eigenvalue weighted by atomic mass is 10.1. The molecule has 0 spiro atoms. The highest BCUT2D eigenvalue weighted by atomic mass is 14.8. The average molecular weight is 135 g/mol. The Labute approximate surface area is 61.3 Å². The van der Waals surface area contributed by atoms with Crippen molar-refractivity contribution < 1.29 is 0 Å². The van der Waals surface area contributed by atoms with Crippen LogP contribution in [0.2, 0.25) is 0 Å². The Hall–Kier alpha value is -0.920. The quantitative estimate of drug-likeness (QED) is 0.613. The lowest BCUT2D eigenvalue weighted by Gasteiger charge is -2.00. The number of aromatic nitrogens is 2. The third-order valence-electron chi connectivity index (χ3n) is 1.19. The van der Waals surface area contributed by atoms with Gasteiger partial charge in [0.25, 0.3) is 0 Å². The molecule has 0 saturated heterocycles. The largest absolute Gasteiger partial charge is 0.244 e. The molecule has 0 bridgehead atoms. The van der Waals surface area contributed by atoms with E-state index >= 15 is 0 Å². The maximum absolute atomic E-state index is 3.90. The lowest BCUT2D eigenvalue weighted by molar-refractivity contribution is 0.642. The Morgan fingerprint density at radius 1 is 1.60 bits per heavy atom. The number of hydrogen-bond acceptors (Lipinski definition) is 2. The summed E-state index contributed by atoms with van der Waals surface area (Å²) in [4.78, 5) is 7.70. The second-order valence-corrected chi connectivity index (χ2v) is 2.76. The van der Waals surface area contributed by atoms with Gasteiger partial charge in [-0.25, -0.2) is 9.97 Å². The first-order valence-corrected chi connectivity index (χ1v) is 3.45. The summed E-state index contributed by atoms with van der Waals surface area (Å²) in [5, 5.41) is 0. The highest BCUT2D eigenvalue weighted by Crippen LogP contribution is 2.02. The van der Waals surface area contributed by atoms with E-state index in [1.165, 1.54) is 6.33 Å². The average Bonchev–Trinajstić information content (AvgIpc) is 1.88. The Morgan fingerprint density at radius 2 is 2.40 bits per heavy atom. The Kier molecular flexibility index (Phi) is 2.37. The number of rotatable bonds is 2. The van der Waals surface area contributed by atoms with E-state index in [-0.39, 0.29) is 0 Å². The molecule has 1 rings (SSSR count). The van der Waals surface area contributed by atoms with E-state index in [4.69, 9.17) is 0 Å². The summed E-state index contributed by atoms with van der Waals surface area (Å²) in [5.41, 5.74) is 1.09. The second kappa shape index (κ2) is 3.30. The van der Waals surface area contributed by atoms with Crippen molar-refractivity contribution in [2.45, 2.75) is 20.3 Å². The van der Waals surface area contributed by atoms with Crippen LogP contribution in [-0.4, -0.2) is 9.97 Å². The van der Waals surface area contributed by atoms with Crippen molar-refractivity contribution in [2.24, 2.45) is 5.92 Å². The van der Waals surface area contributed by atoms with E-state index in [1.807, 2.05) is 6.20 Å². The maximum atomic E-state index is 3.90. The van der Waals surface area contributed by atoms with Crippen LogP contribution in [0.3, 0.4) is 0 Å². The molecular formula is C8H11N2. The van der Waals surface area contributed by atoms with Crippen molar-refractivity contribution in [3.63, 3.8) is 0 Å². The molecular weight excluding hydrogens is 124 g/mol. The minimum Gasteiger partial charge on any atom is -0.244 e. The molecule has 0 aromatic carbocycles. The molecule has 0 amide bonds. The van der Waals surface area contributed by atoms with Gasteiger partial charge in [-0.2, -0.15) is 0 Å². The van der Waals surface area contributed by atoms with Crippen LogP contribution in [-0.2, 0) is 6.42 Å². The van der Waals surface area contributed by atoms with Crippen LogP contribution in [0, 0.1) is 12.1 Å². The third-order valence-corrected chi connectivity index (χ3v) is 1.19. The van der Waals surface area contributed by atoms with Gasteiger partial charge in [-0.1, -0.05) is 13.8 Å². The van der Waals surface area contributed by atoms with Crippen LogP contribution in [0.5, 0.6) is 0 Å². The van der Waals surface area contributed by atoms with Gasteiger partial charge >= 0.3 is 0 Å². The van der Waals surface area contributed by atoms with Crippen molar-refractivity contribution in [1.82, 2.24) is 9.97 Å². The van der Waals surface area contributed by atoms with Crippen molar-refractivity contribution in [3.8, 4) is 0 Å². The van der Waals surface area contributed by atoms with E-state index in [0.29, 0.717) is 5.92 Å². The van der Waals surface area contributed by atoms with Gasteiger partial charge in [0.05, 0.1) is 6.20 Å². The fourth-order valence-electron chi connectivity index (χ4n) is 0.835. The molecule has 0 N–H and O–H groups in total. The SMILES string of the molecule is CC(C)Cc1[c]ncnc1. The smallest absolute Gasteiger partial charge is 0.116 e. The molecule has 1 heterocycles. The van der Waals surface area contributed by atoms with Crippen molar-refractivity contribution in [1.29, 1.82) is 0 Å². The summed E-state index contributed by atoms with van der Waals surface area (Å²) >= 11 is 0. The van der Waals surface area contributed by atoms with Crippen molar-refractivity contribution in [3.05, 3.63) is 24.3 Å². The highest BCUT2D eigenvalue weighted by molar-refractivity contribution is 5.00. The standard InChI is InChI=1S/C8H11N2/c1-7(2)3-8-4-9-6-10-5-8/h4,6-7H,3H2,1-2H3.